The summed E-state index contributed by atoms with van der Waals surface area (Å²) >= 11 is 0. The number of benzene rings is 1. The Morgan fingerprint density at radius 1 is 1.37 bits per heavy atom. The second-order valence-corrected chi connectivity index (χ2v) is 4.75. The average molecular weight is 258 g/mol. The highest BCUT2D eigenvalue weighted by Crippen LogP contribution is 2.41. The molecular formula is C15H14O4. The molecule has 0 aliphatic heterocycles. The molecule has 0 saturated carbocycles. The quantitative estimate of drug-likeness (QED) is 0.614. The summed E-state index contributed by atoms with van der Waals surface area (Å²) in [6.07, 6.45) is 1.60. The van der Waals surface area contributed by atoms with E-state index in [0.717, 1.165) is 16.5 Å². The lowest BCUT2D eigenvalue weighted by molar-refractivity contribution is -0.147. The molecule has 2 atom stereocenters. The van der Waals surface area contributed by atoms with Crippen molar-refractivity contribution in [1.29, 1.82) is 0 Å². The molecule has 3 rings (SSSR count). The van der Waals surface area contributed by atoms with Crippen LogP contribution in [-0.2, 0) is 14.3 Å². The molecule has 1 aromatic carbocycles. The molecule has 0 radical (unpaired) electrons. The fraction of sp³-hybridized carbons (Fsp3) is 0.333. The minimum atomic E-state index is -0.806. The van der Waals surface area contributed by atoms with Crippen LogP contribution >= 0.6 is 0 Å². The lowest BCUT2D eigenvalue weighted by Gasteiger charge is -2.09. The van der Waals surface area contributed by atoms with Gasteiger partial charge in [0.2, 0.25) is 0 Å². The van der Waals surface area contributed by atoms with E-state index in [2.05, 4.69) is 0 Å². The van der Waals surface area contributed by atoms with E-state index >= 15 is 0 Å². The summed E-state index contributed by atoms with van der Waals surface area (Å²) in [5, 5.41) is 0.947. The SMILES string of the molecule is CCOC(=O)C1C(=O)C(C)c2cc3ccoc3cc21. The number of fused-ring (bicyclic) bond motifs is 2. The molecule has 0 fully saturated rings. The van der Waals surface area contributed by atoms with Gasteiger partial charge in [-0.1, -0.05) is 6.92 Å². The van der Waals surface area contributed by atoms with E-state index in [9.17, 15) is 9.59 Å². The molecule has 2 unspecified atom stereocenters. The number of hydrogen-bond acceptors (Lipinski definition) is 4. The van der Waals surface area contributed by atoms with Gasteiger partial charge in [-0.15, -0.1) is 0 Å². The molecule has 4 nitrogen and oxygen atoms in total. The van der Waals surface area contributed by atoms with Crippen molar-refractivity contribution in [3.63, 3.8) is 0 Å². The number of ether oxygens (including phenoxy) is 1. The predicted octanol–water partition coefficient (Wildman–Crippen LogP) is 2.77. The number of esters is 1. The summed E-state index contributed by atoms with van der Waals surface area (Å²) in [7, 11) is 0. The van der Waals surface area contributed by atoms with Crippen molar-refractivity contribution in [2.45, 2.75) is 25.7 Å². The van der Waals surface area contributed by atoms with E-state index in [1.807, 2.05) is 19.1 Å². The summed E-state index contributed by atoms with van der Waals surface area (Å²) in [6.45, 7) is 3.83. The Bertz CT molecular complexity index is 668. The van der Waals surface area contributed by atoms with E-state index in [-0.39, 0.29) is 18.3 Å². The fourth-order valence-corrected chi connectivity index (χ4v) is 2.69. The Morgan fingerprint density at radius 3 is 2.89 bits per heavy atom. The molecule has 0 bridgehead atoms. The average Bonchev–Trinajstić information content (AvgIpc) is 2.92. The highest BCUT2D eigenvalue weighted by atomic mass is 16.5. The van der Waals surface area contributed by atoms with Gasteiger partial charge >= 0.3 is 5.97 Å². The number of furan rings is 1. The van der Waals surface area contributed by atoms with Crippen LogP contribution in [-0.4, -0.2) is 18.4 Å². The van der Waals surface area contributed by atoms with Crippen molar-refractivity contribution in [3.05, 3.63) is 35.6 Å². The van der Waals surface area contributed by atoms with E-state index in [1.54, 1.807) is 19.3 Å². The molecule has 0 N–H and O–H groups in total. The van der Waals surface area contributed by atoms with Crippen LogP contribution in [0.5, 0.6) is 0 Å². The van der Waals surface area contributed by atoms with Gasteiger partial charge in [-0.05, 0) is 36.2 Å². The third-order valence-corrected chi connectivity index (χ3v) is 3.67. The van der Waals surface area contributed by atoms with Gasteiger partial charge in [0.15, 0.2) is 5.78 Å². The number of carbonyl (C=O) groups is 2. The predicted molar refractivity (Wildman–Crippen MR) is 69.0 cm³/mol. The number of carbonyl (C=O) groups excluding carboxylic acids is 2. The molecule has 98 valence electrons. The molecule has 1 aliphatic rings. The monoisotopic (exact) mass is 258 g/mol. The van der Waals surface area contributed by atoms with Crippen LogP contribution in [0.4, 0.5) is 0 Å². The third-order valence-electron chi connectivity index (χ3n) is 3.67. The standard InChI is InChI=1S/C15H14O4/c1-3-18-15(17)13-11-7-12-9(4-5-19-12)6-10(11)8(2)14(13)16/h4-8,13H,3H2,1-2H3. The van der Waals surface area contributed by atoms with Crippen LogP contribution in [0, 0.1) is 0 Å². The highest BCUT2D eigenvalue weighted by Gasteiger charge is 2.42. The minimum absolute atomic E-state index is 0.0962. The first-order valence-corrected chi connectivity index (χ1v) is 6.35. The zero-order valence-electron chi connectivity index (χ0n) is 10.8. The van der Waals surface area contributed by atoms with E-state index in [0.29, 0.717) is 5.58 Å². The van der Waals surface area contributed by atoms with Crippen LogP contribution in [0.3, 0.4) is 0 Å². The summed E-state index contributed by atoms with van der Waals surface area (Å²) in [5.74, 6) is -1.65. The maximum Gasteiger partial charge on any atom is 0.321 e. The van der Waals surface area contributed by atoms with Gasteiger partial charge in [-0.25, -0.2) is 0 Å². The van der Waals surface area contributed by atoms with Gasteiger partial charge in [0.05, 0.1) is 12.9 Å². The Labute approximate surface area is 110 Å². The Hall–Kier alpha value is -2.10. The summed E-state index contributed by atoms with van der Waals surface area (Å²) in [6, 6.07) is 5.56. The lowest BCUT2D eigenvalue weighted by atomic mass is 10.00. The van der Waals surface area contributed by atoms with E-state index in [4.69, 9.17) is 9.15 Å². The van der Waals surface area contributed by atoms with Crippen LogP contribution < -0.4 is 0 Å². The number of ketones is 1. The van der Waals surface area contributed by atoms with Crippen LogP contribution in [0.15, 0.2) is 28.9 Å². The zero-order chi connectivity index (χ0) is 13.6. The summed E-state index contributed by atoms with van der Waals surface area (Å²) in [5.41, 5.74) is 2.31. The third kappa shape index (κ3) is 1.67. The fourth-order valence-electron chi connectivity index (χ4n) is 2.69. The molecule has 1 heterocycles. The van der Waals surface area contributed by atoms with Gasteiger partial charge in [0.25, 0.3) is 0 Å². The van der Waals surface area contributed by atoms with Crippen LogP contribution in [0.2, 0.25) is 0 Å². The maximum atomic E-state index is 12.2. The maximum absolute atomic E-state index is 12.2. The van der Waals surface area contributed by atoms with Gasteiger partial charge in [-0.3, -0.25) is 9.59 Å². The first kappa shape index (κ1) is 12.0. The van der Waals surface area contributed by atoms with Crippen molar-refractivity contribution in [2.24, 2.45) is 0 Å². The second kappa shape index (κ2) is 4.23. The molecule has 1 aromatic heterocycles. The Morgan fingerprint density at radius 2 is 2.16 bits per heavy atom. The summed E-state index contributed by atoms with van der Waals surface area (Å²) < 4.78 is 10.3. The second-order valence-electron chi connectivity index (χ2n) is 4.75. The van der Waals surface area contributed by atoms with Crippen molar-refractivity contribution in [2.75, 3.05) is 6.61 Å². The van der Waals surface area contributed by atoms with E-state index in [1.165, 1.54) is 0 Å². The first-order chi connectivity index (χ1) is 9.13. The topological polar surface area (TPSA) is 56.5 Å². The Kier molecular flexibility index (Phi) is 2.66. The highest BCUT2D eigenvalue weighted by molar-refractivity contribution is 6.11. The molecule has 19 heavy (non-hydrogen) atoms. The summed E-state index contributed by atoms with van der Waals surface area (Å²) in [4.78, 5) is 24.2. The molecule has 0 spiro atoms. The lowest BCUT2D eigenvalue weighted by Crippen LogP contribution is -2.21. The van der Waals surface area contributed by atoms with Gasteiger partial charge in [0, 0.05) is 11.3 Å². The first-order valence-electron chi connectivity index (χ1n) is 6.35. The number of Topliss-reactive ketones (excluding diaryl/α,β-unsaturated/α-hetero) is 1. The molecule has 1 aliphatic carbocycles. The minimum Gasteiger partial charge on any atom is -0.465 e. The van der Waals surface area contributed by atoms with Gasteiger partial charge in [-0.2, -0.15) is 0 Å². The molecule has 0 saturated heterocycles. The zero-order valence-corrected chi connectivity index (χ0v) is 10.8. The Balaban J connectivity index is 2.15. The van der Waals surface area contributed by atoms with Crippen molar-refractivity contribution in [3.8, 4) is 0 Å². The normalized spacial score (nSPS) is 21.7. The van der Waals surface area contributed by atoms with Crippen molar-refractivity contribution >= 4 is 22.7 Å². The van der Waals surface area contributed by atoms with E-state index < -0.39 is 11.9 Å². The van der Waals surface area contributed by atoms with Gasteiger partial charge in [0.1, 0.15) is 11.5 Å². The van der Waals surface area contributed by atoms with Crippen LogP contribution in [0.1, 0.15) is 36.8 Å². The number of hydrogen-bond donors (Lipinski definition) is 0. The molecule has 0 amide bonds. The molecule has 2 aromatic rings. The largest absolute Gasteiger partial charge is 0.465 e. The number of rotatable bonds is 2. The van der Waals surface area contributed by atoms with Gasteiger partial charge < -0.3 is 9.15 Å². The van der Waals surface area contributed by atoms with Crippen LogP contribution in [0.25, 0.3) is 11.0 Å². The van der Waals surface area contributed by atoms with Crippen molar-refractivity contribution in [1.82, 2.24) is 0 Å². The molecule has 4 heteroatoms. The molecular weight excluding hydrogens is 244 g/mol. The smallest absolute Gasteiger partial charge is 0.321 e. The van der Waals surface area contributed by atoms with Crippen molar-refractivity contribution < 1.29 is 18.7 Å².